The van der Waals surface area contributed by atoms with E-state index in [1.54, 1.807) is 6.20 Å². The van der Waals surface area contributed by atoms with E-state index in [0.717, 1.165) is 17.6 Å². The van der Waals surface area contributed by atoms with E-state index < -0.39 is 0 Å². The number of fused-ring (bicyclic) bond motifs is 1. The summed E-state index contributed by atoms with van der Waals surface area (Å²) >= 11 is 0. The molecule has 3 rings (SSSR count). The molecule has 4 heteroatoms. The zero-order valence-electron chi connectivity index (χ0n) is 11.3. The third-order valence-corrected chi connectivity index (χ3v) is 3.33. The number of nitrogens with zero attached hydrogens (tertiary/aromatic N) is 2. The van der Waals surface area contributed by atoms with Crippen LogP contribution < -0.4 is 5.32 Å². The van der Waals surface area contributed by atoms with E-state index in [1.165, 1.54) is 23.2 Å². The summed E-state index contributed by atoms with van der Waals surface area (Å²) in [5.74, 6) is -0.296. The third kappa shape index (κ3) is 2.56. The number of nitrogens with one attached hydrogen (secondary N) is 1. The Balaban J connectivity index is 1.96. The molecule has 1 aromatic carbocycles. The monoisotopic (exact) mass is 269 g/mol. The first-order valence-corrected chi connectivity index (χ1v) is 6.58. The lowest BCUT2D eigenvalue weighted by atomic mass is 10.1. The minimum absolute atomic E-state index is 0.296. The molecule has 0 fully saturated rings. The van der Waals surface area contributed by atoms with Gasteiger partial charge in [-0.3, -0.25) is 4.98 Å². The summed E-state index contributed by atoms with van der Waals surface area (Å²) in [6, 6.07) is 10.00. The zero-order valence-corrected chi connectivity index (χ0v) is 11.3. The highest BCUT2D eigenvalue weighted by molar-refractivity contribution is 5.80. The molecule has 0 aliphatic heterocycles. The lowest BCUT2D eigenvalue weighted by Gasteiger charge is -2.07. The molecule has 102 valence electrons. The van der Waals surface area contributed by atoms with E-state index in [9.17, 15) is 4.39 Å². The minimum Gasteiger partial charge on any atom is -0.343 e. The van der Waals surface area contributed by atoms with Gasteiger partial charge in [-0.05, 0) is 41.8 Å². The Bertz CT molecular complexity index is 733. The van der Waals surface area contributed by atoms with E-state index in [-0.39, 0.29) is 5.82 Å². The average Bonchev–Trinajstić information content (AvgIpc) is 2.82. The summed E-state index contributed by atoms with van der Waals surface area (Å²) in [4.78, 5) is 3.89. The van der Waals surface area contributed by atoms with E-state index in [1.807, 2.05) is 13.2 Å². The van der Waals surface area contributed by atoms with Crippen LogP contribution in [0.2, 0.25) is 0 Å². The van der Waals surface area contributed by atoms with Crippen LogP contribution in [0.1, 0.15) is 11.1 Å². The summed E-state index contributed by atoms with van der Waals surface area (Å²) < 4.78 is 15.3. The van der Waals surface area contributed by atoms with Crippen molar-refractivity contribution >= 4 is 10.9 Å². The van der Waals surface area contributed by atoms with Gasteiger partial charge in [0.2, 0.25) is 0 Å². The second-order valence-corrected chi connectivity index (χ2v) is 4.88. The van der Waals surface area contributed by atoms with Crippen molar-refractivity contribution in [3.05, 3.63) is 65.9 Å². The van der Waals surface area contributed by atoms with Crippen LogP contribution in [0.5, 0.6) is 0 Å². The topological polar surface area (TPSA) is 29.9 Å². The van der Waals surface area contributed by atoms with Gasteiger partial charge in [0.05, 0.1) is 6.20 Å². The third-order valence-electron chi connectivity index (χ3n) is 3.33. The molecule has 0 bridgehead atoms. The smallest absolute Gasteiger partial charge is 0.141 e. The van der Waals surface area contributed by atoms with Crippen LogP contribution in [-0.2, 0) is 13.1 Å². The number of aromatic nitrogens is 2. The minimum atomic E-state index is -0.296. The number of halogens is 1. The van der Waals surface area contributed by atoms with Crippen molar-refractivity contribution in [3.63, 3.8) is 0 Å². The molecule has 20 heavy (non-hydrogen) atoms. The van der Waals surface area contributed by atoms with Crippen molar-refractivity contribution in [2.45, 2.75) is 13.1 Å². The number of rotatable bonds is 4. The van der Waals surface area contributed by atoms with Crippen molar-refractivity contribution < 1.29 is 4.39 Å². The number of benzene rings is 1. The van der Waals surface area contributed by atoms with E-state index in [4.69, 9.17) is 0 Å². The molecule has 1 N–H and O–H groups in total. The second kappa shape index (κ2) is 5.43. The van der Waals surface area contributed by atoms with Crippen molar-refractivity contribution in [2.75, 3.05) is 7.05 Å². The van der Waals surface area contributed by atoms with Gasteiger partial charge in [0.15, 0.2) is 0 Å². The molecule has 2 heterocycles. The van der Waals surface area contributed by atoms with Gasteiger partial charge in [-0.2, -0.15) is 0 Å². The molecule has 0 unspecified atom stereocenters. The highest BCUT2D eigenvalue weighted by Gasteiger charge is 2.04. The van der Waals surface area contributed by atoms with Crippen molar-refractivity contribution in [1.82, 2.24) is 14.9 Å². The molecule has 0 atom stereocenters. The highest BCUT2D eigenvalue weighted by Crippen LogP contribution is 2.19. The van der Waals surface area contributed by atoms with Crippen LogP contribution in [0.3, 0.4) is 0 Å². The molecule has 0 aliphatic rings. The fourth-order valence-corrected chi connectivity index (χ4v) is 2.42. The average molecular weight is 269 g/mol. The van der Waals surface area contributed by atoms with Crippen LogP contribution >= 0.6 is 0 Å². The normalized spacial score (nSPS) is 11.1. The maximum absolute atomic E-state index is 13.2. The summed E-state index contributed by atoms with van der Waals surface area (Å²) in [6.07, 6.45) is 4.95. The van der Waals surface area contributed by atoms with E-state index in [2.05, 4.69) is 39.1 Å². The van der Waals surface area contributed by atoms with Gasteiger partial charge in [-0.15, -0.1) is 0 Å². The summed E-state index contributed by atoms with van der Waals surface area (Å²) in [5, 5.41) is 4.34. The number of hydrogen-bond donors (Lipinski definition) is 1. The van der Waals surface area contributed by atoms with Crippen LogP contribution in [0.25, 0.3) is 10.9 Å². The van der Waals surface area contributed by atoms with Crippen LogP contribution in [0, 0.1) is 5.82 Å². The quantitative estimate of drug-likeness (QED) is 0.789. The Kier molecular flexibility index (Phi) is 3.48. The standard InChI is InChI=1S/C16H16FN3/c1-18-8-12-2-3-14-4-5-20(16(14)7-12)11-13-6-15(17)10-19-9-13/h2-7,9-10,18H,8,11H2,1H3. The first-order chi connectivity index (χ1) is 9.76. The van der Waals surface area contributed by atoms with Crippen molar-refractivity contribution in [1.29, 1.82) is 0 Å². The van der Waals surface area contributed by atoms with Gasteiger partial charge >= 0.3 is 0 Å². The zero-order chi connectivity index (χ0) is 13.9. The van der Waals surface area contributed by atoms with Crippen LogP contribution in [0.4, 0.5) is 4.39 Å². The fourth-order valence-electron chi connectivity index (χ4n) is 2.42. The van der Waals surface area contributed by atoms with Gasteiger partial charge < -0.3 is 9.88 Å². The molecule has 0 amide bonds. The Morgan fingerprint density at radius 2 is 2.05 bits per heavy atom. The Labute approximate surface area is 117 Å². The van der Waals surface area contributed by atoms with Crippen LogP contribution in [0.15, 0.2) is 48.9 Å². The molecular formula is C16H16FN3. The lowest BCUT2D eigenvalue weighted by molar-refractivity contribution is 0.617. The predicted octanol–water partition coefficient (Wildman–Crippen LogP) is 2.94. The first-order valence-electron chi connectivity index (χ1n) is 6.58. The Hall–Kier alpha value is -2.20. The van der Waals surface area contributed by atoms with Crippen molar-refractivity contribution in [3.8, 4) is 0 Å². The molecule has 2 aromatic heterocycles. The molecule has 0 spiro atoms. The van der Waals surface area contributed by atoms with Gasteiger partial charge in [0.25, 0.3) is 0 Å². The van der Waals surface area contributed by atoms with Gasteiger partial charge in [-0.1, -0.05) is 12.1 Å². The summed E-state index contributed by atoms with van der Waals surface area (Å²) in [7, 11) is 1.93. The number of hydrogen-bond acceptors (Lipinski definition) is 2. The highest BCUT2D eigenvalue weighted by atomic mass is 19.1. The first kappa shape index (κ1) is 12.8. The van der Waals surface area contributed by atoms with Gasteiger partial charge in [-0.25, -0.2) is 4.39 Å². The van der Waals surface area contributed by atoms with Crippen LogP contribution in [-0.4, -0.2) is 16.6 Å². The molecule has 0 radical (unpaired) electrons. The predicted molar refractivity (Wildman–Crippen MR) is 78.0 cm³/mol. The Morgan fingerprint density at radius 1 is 1.15 bits per heavy atom. The maximum atomic E-state index is 13.2. The summed E-state index contributed by atoms with van der Waals surface area (Å²) in [5.41, 5.74) is 3.25. The lowest BCUT2D eigenvalue weighted by Crippen LogP contribution is -2.05. The maximum Gasteiger partial charge on any atom is 0.141 e. The molecule has 3 aromatic rings. The molecule has 0 saturated heterocycles. The fraction of sp³-hybridized carbons (Fsp3) is 0.188. The SMILES string of the molecule is CNCc1ccc2ccn(Cc3cncc(F)c3)c2c1. The summed E-state index contributed by atoms with van der Waals surface area (Å²) in [6.45, 7) is 1.46. The molecule has 0 saturated carbocycles. The molecular weight excluding hydrogens is 253 g/mol. The Morgan fingerprint density at radius 3 is 2.85 bits per heavy atom. The van der Waals surface area contributed by atoms with Crippen molar-refractivity contribution in [2.24, 2.45) is 0 Å². The molecule has 3 nitrogen and oxygen atoms in total. The van der Waals surface area contributed by atoms with Gasteiger partial charge in [0, 0.05) is 31.0 Å². The molecule has 0 aliphatic carbocycles. The van der Waals surface area contributed by atoms with E-state index in [0.29, 0.717) is 6.54 Å². The van der Waals surface area contributed by atoms with Gasteiger partial charge in [0.1, 0.15) is 5.82 Å². The second-order valence-electron chi connectivity index (χ2n) is 4.88. The largest absolute Gasteiger partial charge is 0.343 e. The van der Waals surface area contributed by atoms with E-state index >= 15 is 0 Å². The number of pyridine rings is 1.